The normalized spacial score (nSPS) is 12.4. The summed E-state index contributed by atoms with van der Waals surface area (Å²) in [5.74, 6) is 1.20. The Morgan fingerprint density at radius 1 is 0.963 bits per heavy atom. The minimum atomic E-state index is -0.256. The molecule has 0 radical (unpaired) electrons. The van der Waals surface area contributed by atoms with Crippen LogP contribution in [0.25, 0.3) is 11.6 Å². The van der Waals surface area contributed by atoms with E-state index in [-0.39, 0.29) is 11.9 Å². The molecule has 136 valence electrons. The first kappa shape index (κ1) is 17.2. The van der Waals surface area contributed by atoms with Gasteiger partial charge in [-0.2, -0.15) is 4.98 Å². The molecular weight excluding hydrogens is 345 g/mol. The molecule has 0 unspecified atom stereocenters. The van der Waals surface area contributed by atoms with Crippen molar-refractivity contribution in [1.82, 2.24) is 15.0 Å². The van der Waals surface area contributed by atoms with Crippen LogP contribution in [0.2, 0.25) is 0 Å². The van der Waals surface area contributed by atoms with Crippen LogP contribution in [0.1, 0.15) is 23.1 Å². The van der Waals surface area contributed by atoms with Crippen LogP contribution in [0.15, 0.2) is 81.9 Å². The van der Waals surface area contributed by atoms with Crippen LogP contribution in [-0.2, 0) is 6.54 Å². The van der Waals surface area contributed by atoms with Gasteiger partial charge in [-0.15, -0.1) is 0 Å². The minimum Gasteiger partial charge on any atom is -0.461 e. The quantitative estimate of drug-likeness (QED) is 0.497. The molecule has 0 saturated heterocycles. The van der Waals surface area contributed by atoms with E-state index in [9.17, 15) is 4.39 Å². The maximum absolute atomic E-state index is 13.4. The molecule has 4 rings (SSSR count). The van der Waals surface area contributed by atoms with Crippen LogP contribution in [0.4, 0.5) is 4.39 Å². The zero-order valence-corrected chi connectivity index (χ0v) is 14.7. The molecule has 0 fully saturated rings. The highest BCUT2D eigenvalue weighted by atomic mass is 19.1. The molecule has 0 saturated carbocycles. The molecule has 0 bridgehead atoms. The SMILES string of the molecule is CN(Cc1nc(-c2ccco2)no1)[C@H](c1ccccc1)c1ccc(F)cc1. The smallest absolute Gasteiger partial charge is 0.241 e. The highest BCUT2D eigenvalue weighted by Gasteiger charge is 2.22. The summed E-state index contributed by atoms with van der Waals surface area (Å²) in [7, 11) is 1.97. The molecule has 0 aliphatic carbocycles. The summed E-state index contributed by atoms with van der Waals surface area (Å²) in [6, 6.07) is 20.1. The number of hydrogen-bond acceptors (Lipinski definition) is 5. The molecule has 2 aromatic carbocycles. The lowest BCUT2D eigenvalue weighted by molar-refractivity contribution is 0.229. The third-order valence-corrected chi connectivity index (χ3v) is 4.34. The van der Waals surface area contributed by atoms with Gasteiger partial charge in [0.25, 0.3) is 0 Å². The highest BCUT2D eigenvalue weighted by molar-refractivity contribution is 5.44. The molecule has 27 heavy (non-hydrogen) atoms. The Morgan fingerprint density at radius 2 is 1.70 bits per heavy atom. The van der Waals surface area contributed by atoms with E-state index in [2.05, 4.69) is 15.0 Å². The van der Waals surface area contributed by atoms with Gasteiger partial charge in [-0.25, -0.2) is 4.39 Å². The lowest BCUT2D eigenvalue weighted by Crippen LogP contribution is -2.25. The van der Waals surface area contributed by atoms with Gasteiger partial charge in [0.2, 0.25) is 11.7 Å². The van der Waals surface area contributed by atoms with Crippen molar-refractivity contribution < 1.29 is 13.3 Å². The first-order chi connectivity index (χ1) is 13.2. The number of nitrogens with zero attached hydrogens (tertiary/aromatic N) is 3. The molecule has 0 spiro atoms. The van der Waals surface area contributed by atoms with E-state index in [1.165, 1.54) is 12.1 Å². The van der Waals surface area contributed by atoms with Gasteiger partial charge in [-0.05, 0) is 42.4 Å². The summed E-state index contributed by atoms with van der Waals surface area (Å²) >= 11 is 0. The fraction of sp³-hybridized carbons (Fsp3) is 0.143. The zero-order chi connectivity index (χ0) is 18.6. The number of aromatic nitrogens is 2. The van der Waals surface area contributed by atoms with E-state index in [4.69, 9.17) is 8.94 Å². The third-order valence-electron chi connectivity index (χ3n) is 4.34. The minimum absolute atomic E-state index is 0.0780. The third kappa shape index (κ3) is 3.80. The zero-order valence-electron chi connectivity index (χ0n) is 14.7. The number of halogens is 1. The van der Waals surface area contributed by atoms with Gasteiger partial charge in [0.05, 0.1) is 18.8 Å². The van der Waals surface area contributed by atoms with Crippen LogP contribution in [0.5, 0.6) is 0 Å². The molecule has 5 nitrogen and oxygen atoms in total. The Balaban J connectivity index is 1.61. The first-order valence-corrected chi connectivity index (χ1v) is 8.58. The van der Waals surface area contributed by atoms with Gasteiger partial charge >= 0.3 is 0 Å². The van der Waals surface area contributed by atoms with Crippen molar-refractivity contribution in [1.29, 1.82) is 0 Å². The van der Waals surface area contributed by atoms with Crippen LogP contribution in [0, 0.1) is 5.82 Å². The van der Waals surface area contributed by atoms with Crippen molar-refractivity contribution in [3.8, 4) is 11.6 Å². The fourth-order valence-corrected chi connectivity index (χ4v) is 3.11. The molecule has 2 aromatic heterocycles. The largest absolute Gasteiger partial charge is 0.461 e. The summed E-state index contributed by atoms with van der Waals surface area (Å²) in [5.41, 5.74) is 2.08. The fourth-order valence-electron chi connectivity index (χ4n) is 3.11. The van der Waals surface area contributed by atoms with E-state index in [0.717, 1.165) is 11.1 Å². The number of furan rings is 1. The summed E-state index contributed by atoms with van der Waals surface area (Å²) < 4.78 is 24.1. The molecule has 1 atom stereocenters. The van der Waals surface area contributed by atoms with Crippen molar-refractivity contribution in [2.45, 2.75) is 12.6 Å². The molecular formula is C21H18FN3O2. The second-order valence-corrected chi connectivity index (χ2v) is 6.27. The van der Waals surface area contributed by atoms with Gasteiger partial charge in [-0.1, -0.05) is 47.6 Å². The van der Waals surface area contributed by atoms with E-state index in [1.807, 2.05) is 37.4 Å². The molecule has 2 heterocycles. The monoisotopic (exact) mass is 363 g/mol. The Hall–Kier alpha value is -3.25. The Kier molecular flexibility index (Phi) is 4.80. The molecule has 0 amide bonds. The molecule has 0 N–H and O–H groups in total. The van der Waals surface area contributed by atoms with E-state index < -0.39 is 0 Å². The second-order valence-electron chi connectivity index (χ2n) is 6.27. The van der Waals surface area contributed by atoms with Crippen molar-refractivity contribution in [3.63, 3.8) is 0 Å². The second kappa shape index (κ2) is 7.55. The van der Waals surface area contributed by atoms with E-state index in [1.54, 1.807) is 30.5 Å². The van der Waals surface area contributed by atoms with Crippen LogP contribution >= 0.6 is 0 Å². The summed E-state index contributed by atoms with van der Waals surface area (Å²) in [6.45, 7) is 0.435. The average Bonchev–Trinajstić information content (AvgIpc) is 3.36. The molecule has 0 aliphatic heterocycles. The predicted octanol–water partition coefficient (Wildman–Crippen LogP) is 4.69. The Morgan fingerprint density at radius 3 is 2.41 bits per heavy atom. The maximum Gasteiger partial charge on any atom is 0.241 e. The van der Waals surface area contributed by atoms with Crippen molar-refractivity contribution >= 4 is 0 Å². The standard InChI is InChI=1S/C21H18FN3O2/c1-25(14-19-23-21(24-27-19)18-8-5-13-26-18)20(15-6-3-2-4-7-15)16-9-11-17(22)12-10-16/h2-13,20H,14H2,1H3/t20-/m1/s1. The van der Waals surface area contributed by atoms with Crippen molar-refractivity contribution in [2.24, 2.45) is 0 Å². The van der Waals surface area contributed by atoms with Crippen LogP contribution < -0.4 is 0 Å². The van der Waals surface area contributed by atoms with Gasteiger partial charge in [0.1, 0.15) is 5.82 Å². The van der Waals surface area contributed by atoms with E-state index in [0.29, 0.717) is 24.0 Å². The summed E-state index contributed by atoms with van der Waals surface area (Å²) in [4.78, 5) is 6.49. The van der Waals surface area contributed by atoms with Crippen molar-refractivity contribution in [2.75, 3.05) is 7.05 Å². The average molecular weight is 363 g/mol. The first-order valence-electron chi connectivity index (χ1n) is 8.58. The summed E-state index contributed by atoms with van der Waals surface area (Å²) in [5, 5.41) is 3.97. The topological polar surface area (TPSA) is 55.3 Å². The molecule has 0 aliphatic rings. The van der Waals surface area contributed by atoms with E-state index >= 15 is 0 Å². The van der Waals surface area contributed by atoms with Gasteiger partial charge < -0.3 is 8.94 Å². The lowest BCUT2D eigenvalue weighted by atomic mass is 9.97. The molecule has 4 aromatic rings. The Bertz CT molecular complexity index is 982. The highest BCUT2D eigenvalue weighted by Crippen LogP contribution is 2.29. The van der Waals surface area contributed by atoms with Crippen molar-refractivity contribution in [3.05, 3.63) is 95.8 Å². The van der Waals surface area contributed by atoms with Crippen LogP contribution in [-0.4, -0.2) is 22.1 Å². The van der Waals surface area contributed by atoms with Gasteiger partial charge in [-0.3, -0.25) is 4.90 Å². The van der Waals surface area contributed by atoms with Crippen LogP contribution in [0.3, 0.4) is 0 Å². The Labute approximate surface area is 156 Å². The number of rotatable bonds is 6. The molecule has 6 heteroatoms. The van der Waals surface area contributed by atoms with Gasteiger partial charge in [0, 0.05) is 0 Å². The predicted molar refractivity (Wildman–Crippen MR) is 98.2 cm³/mol. The summed E-state index contributed by atoms with van der Waals surface area (Å²) in [6.07, 6.45) is 1.57. The number of benzene rings is 2. The van der Waals surface area contributed by atoms with Gasteiger partial charge in [0.15, 0.2) is 5.76 Å². The lowest BCUT2D eigenvalue weighted by Gasteiger charge is -2.27. The maximum atomic E-state index is 13.4. The number of hydrogen-bond donors (Lipinski definition) is 0.